The van der Waals surface area contributed by atoms with E-state index in [1.54, 1.807) is 0 Å². The number of carboxylic acids is 1. The Kier molecular flexibility index (Phi) is 3.72. The van der Waals surface area contributed by atoms with Crippen LogP contribution in [0.4, 0.5) is 0 Å². The van der Waals surface area contributed by atoms with Gasteiger partial charge in [-0.05, 0) is 5.92 Å². The van der Waals surface area contributed by atoms with Gasteiger partial charge in [0.15, 0.2) is 0 Å². The summed E-state index contributed by atoms with van der Waals surface area (Å²) in [5, 5.41) is 8.20. The predicted molar refractivity (Wildman–Crippen MR) is 39.6 cm³/mol. The summed E-state index contributed by atoms with van der Waals surface area (Å²) in [7, 11) is 0. The molecule has 3 N–H and O–H groups in total. The van der Waals surface area contributed by atoms with Gasteiger partial charge in [0, 0.05) is 12.1 Å². The second kappa shape index (κ2) is 4.06. The largest absolute Gasteiger partial charge is 0.478 e. The molecule has 58 valence electrons. The van der Waals surface area contributed by atoms with Gasteiger partial charge in [-0.2, -0.15) is 0 Å². The van der Waals surface area contributed by atoms with Crippen molar-refractivity contribution in [2.75, 3.05) is 0 Å². The van der Waals surface area contributed by atoms with Crippen LogP contribution >= 0.6 is 0 Å². The van der Waals surface area contributed by atoms with E-state index in [0.29, 0.717) is 0 Å². The highest BCUT2D eigenvalue weighted by molar-refractivity contribution is 5.79. The maximum atomic E-state index is 9.98. The van der Waals surface area contributed by atoms with Crippen LogP contribution in [-0.2, 0) is 4.79 Å². The molecule has 0 aromatic carbocycles. The van der Waals surface area contributed by atoms with Crippen LogP contribution in [0.3, 0.4) is 0 Å². The van der Waals surface area contributed by atoms with Crippen LogP contribution in [0.2, 0.25) is 0 Å². The maximum absolute atomic E-state index is 9.98. The lowest BCUT2D eigenvalue weighted by Crippen LogP contribution is -2.23. The number of rotatable bonds is 3. The third-order valence-electron chi connectivity index (χ3n) is 1.23. The number of nitrogens with two attached hydrogens (primary N) is 1. The maximum Gasteiger partial charge on any atom is 0.328 e. The second-order valence-electron chi connectivity index (χ2n) is 2.52. The summed E-state index contributed by atoms with van der Waals surface area (Å²) in [5.41, 5.74) is 5.51. The molecular weight excluding hydrogens is 130 g/mol. The summed E-state index contributed by atoms with van der Waals surface area (Å²) in [5.74, 6) is -0.660. The predicted octanol–water partition coefficient (Wildman–Crippen LogP) is 0.611. The van der Waals surface area contributed by atoms with Crippen LogP contribution in [0.15, 0.2) is 12.2 Å². The summed E-state index contributed by atoms with van der Waals surface area (Å²) in [4.78, 5) is 9.98. The third-order valence-corrected chi connectivity index (χ3v) is 1.23. The van der Waals surface area contributed by atoms with Gasteiger partial charge >= 0.3 is 5.97 Å². The lowest BCUT2D eigenvalue weighted by molar-refractivity contribution is -0.131. The molecule has 0 fully saturated rings. The second-order valence-corrected chi connectivity index (χ2v) is 2.52. The first-order valence-electron chi connectivity index (χ1n) is 3.20. The van der Waals surface area contributed by atoms with Gasteiger partial charge < -0.3 is 10.8 Å². The van der Waals surface area contributed by atoms with Crippen molar-refractivity contribution in [1.29, 1.82) is 0 Å². The standard InChI is InChI=1S/C7H13NO2/c1-5(2)6(8)3-4-7(9)10/h3-6H,8H2,1-2H3,(H,9,10)/b4-3+. The summed E-state index contributed by atoms with van der Waals surface area (Å²) < 4.78 is 0. The topological polar surface area (TPSA) is 63.3 Å². The highest BCUT2D eigenvalue weighted by atomic mass is 16.4. The van der Waals surface area contributed by atoms with E-state index < -0.39 is 5.97 Å². The molecule has 0 bridgehead atoms. The van der Waals surface area contributed by atoms with Crippen LogP contribution in [0, 0.1) is 5.92 Å². The van der Waals surface area contributed by atoms with Crippen molar-refractivity contribution in [2.45, 2.75) is 19.9 Å². The van der Waals surface area contributed by atoms with E-state index in [1.807, 2.05) is 13.8 Å². The fourth-order valence-corrected chi connectivity index (χ4v) is 0.416. The van der Waals surface area contributed by atoms with Crippen molar-refractivity contribution < 1.29 is 9.90 Å². The highest BCUT2D eigenvalue weighted by Crippen LogP contribution is 1.98. The summed E-state index contributed by atoms with van der Waals surface area (Å²) >= 11 is 0. The van der Waals surface area contributed by atoms with Crippen LogP contribution in [0.5, 0.6) is 0 Å². The lowest BCUT2D eigenvalue weighted by atomic mass is 10.1. The molecule has 0 spiro atoms. The highest BCUT2D eigenvalue weighted by Gasteiger charge is 2.02. The van der Waals surface area contributed by atoms with E-state index in [9.17, 15) is 4.79 Å². The van der Waals surface area contributed by atoms with Gasteiger partial charge in [0.25, 0.3) is 0 Å². The molecule has 3 heteroatoms. The Morgan fingerprint density at radius 1 is 1.60 bits per heavy atom. The normalized spacial score (nSPS) is 14.4. The first-order valence-corrected chi connectivity index (χ1v) is 3.20. The number of carboxylic acid groups (broad SMARTS) is 1. The fourth-order valence-electron chi connectivity index (χ4n) is 0.416. The molecular formula is C7H13NO2. The molecule has 0 aromatic rings. The van der Waals surface area contributed by atoms with Gasteiger partial charge in [-0.25, -0.2) is 4.79 Å². The number of hydrogen-bond acceptors (Lipinski definition) is 2. The molecule has 0 aromatic heterocycles. The summed E-state index contributed by atoms with van der Waals surface area (Å²) in [6.45, 7) is 3.88. The Hall–Kier alpha value is -0.830. The van der Waals surface area contributed by atoms with Crippen LogP contribution in [-0.4, -0.2) is 17.1 Å². The molecule has 0 heterocycles. The molecule has 0 aliphatic carbocycles. The minimum atomic E-state index is -0.948. The summed E-state index contributed by atoms with van der Waals surface area (Å²) in [6, 6.07) is -0.156. The lowest BCUT2D eigenvalue weighted by Gasteiger charge is -2.08. The fraction of sp³-hybridized carbons (Fsp3) is 0.571. The molecule has 1 unspecified atom stereocenters. The van der Waals surface area contributed by atoms with E-state index in [1.165, 1.54) is 6.08 Å². The van der Waals surface area contributed by atoms with Gasteiger partial charge in [0.2, 0.25) is 0 Å². The quantitative estimate of drug-likeness (QED) is 0.569. The van der Waals surface area contributed by atoms with Crippen molar-refractivity contribution in [3.05, 3.63) is 12.2 Å². The third kappa shape index (κ3) is 4.09. The van der Waals surface area contributed by atoms with Gasteiger partial charge in [-0.3, -0.25) is 0 Å². The first-order chi connectivity index (χ1) is 4.54. The molecule has 0 aliphatic heterocycles. The summed E-state index contributed by atoms with van der Waals surface area (Å²) in [6.07, 6.45) is 2.57. The van der Waals surface area contributed by atoms with E-state index >= 15 is 0 Å². The number of hydrogen-bond donors (Lipinski definition) is 2. The average Bonchev–Trinajstić information content (AvgIpc) is 1.82. The number of aliphatic carboxylic acids is 1. The van der Waals surface area contributed by atoms with Crippen molar-refractivity contribution in [3.8, 4) is 0 Å². The SMILES string of the molecule is CC(C)C(N)/C=C/C(=O)O. The van der Waals surface area contributed by atoms with Crippen molar-refractivity contribution in [3.63, 3.8) is 0 Å². The Morgan fingerprint density at radius 2 is 2.10 bits per heavy atom. The van der Waals surface area contributed by atoms with Gasteiger partial charge in [0.1, 0.15) is 0 Å². The van der Waals surface area contributed by atoms with Crippen molar-refractivity contribution in [1.82, 2.24) is 0 Å². The zero-order valence-corrected chi connectivity index (χ0v) is 6.24. The molecule has 0 saturated carbocycles. The van der Waals surface area contributed by atoms with Gasteiger partial charge in [-0.1, -0.05) is 19.9 Å². The molecule has 0 rings (SSSR count). The zero-order valence-electron chi connectivity index (χ0n) is 6.24. The Morgan fingerprint density at radius 3 is 2.40 bits per heavy atom. The number of carbonyl (C=O) groups is 1. The Balaban J connectivity index is 3.77. The smallest absolute Gasteiger partial charge is 0.328 e. The molecule has 3 nitrogen and oxygen atoms in total. The monoisotopic (exact) mass is 143 g/mol. The zero-order chi connectivity index (χ0) is 8.15. The Bertz CT molecular complexity index is 141. The Labute approximate surface area is 60.5 Å². The van der Waals surface area contributed by atoms with E-state index in [4.69, 9.17) is 10.8 Å². The molecule has 1 atom stereocenters. The van der Waals surface area contributed by atoms with Crippen LogP contribution in [0.1, 0.15) is 13.8 Å². The van der Waals surface area contributed by atoms with E-state index in [-0.39, 0.29) is 12.0 Å². The van der Waals surface area contributed by atoms with E-state index in [0.717, 1.165) is 6.08 Å². The molecule has 10 heavy (non-hydrogen) atoms. The van der Waals surface area contributed by atoms with E-state index in [2.05, 4.69) is 0 Å². The minimum absolute atomic E-state index is 0.156. The van der Waals surface area contributed by atoms with Gasteiger partial charge in [-0.15, -0.1) is 0 Å². The molecule has 0 radical (unpaired) electrons. The van der Waals surface area contributed by atoms with Crippen molar-refractivity contribution in [2.24, 2.45) is 11.7 Å². The van der Waals surface area contributed by atoms with Gasteiger partial charge in [0.05, 0.1) is 0 Å². The molecule has 0 aliphatic rings. The minimum Gasteiger partial charge on any atom is -0.478 e. The van der Waals surface area contributed by atoms with Crippen LogP contribution < -0.4 is 5.73 Å². The molecule has 0 amide bonds. The first kappa shape index (κ1) is 9.17. The molecule has 0 saturated heterocycles. The average molecular weight is 143 g/mol. The van der Waals surface area contributed by atoms with Crippen molar-refractivity contribution >= 4 is 5.97 Å². The van der Waals surface area contributed by atoms with Crippen LogP contribution in [0.25, 0.3) is 0 Å².